The number of aryl methyl sites for hydroxylation is 1. The predicted octanol–water partition coefficient (Wildman–Crippen LogP) is 3.27. The van der Waals surface area contributed by atoms with E-state index in [2.05, 4.69) is 30.8 Å². The van der Waals surface area contributed by atoms with E-state index in [1.165, 1.54) is 12.1 Å². The monoisotopic (exact) mass is 397 g/mol. The molecule has 1 saturated heterocycles. The summed E-state index contributed by atoms with van der Waals surface area (Å²) in [6.45, 7) is 1.71. The van der Waals surface area contributed by atoms with E-state index in [0.29, 0.717) is 39.4 Å². The molecule has 0 unspecified atom stereocenters. The molecule has 1 atom stereocenters. The summed E-state index contributed by atoms with van der Waals surface area (Å²) >= 11 is 0. The summed E-state index contributed by atoms with van der Waals surface area (Å²) in [6, 6.07) is 6.95. The average Bonchev–Trinajstić information content (AvgIpc) is 3.40. The van der Waals surface area contributed by atoms with Crippen molar-refractivity contribution in [3.05, 3.63) is 42.1 Å². The van der Waals surface area contributed by atoms with Gasteiger partial charge in [-0.3, -0.25) is 9.78 Å². The van der Waals surface area contributed by atoms with Crippen molar-refractivity contribution in [2.75, 3.05) is 30.4 Å². The fraction of sp³-hybridized carbons (Fsp3) is 0.300. The van der Waals surface area contributed by atoms with Crippen molar-refractivity contribution in [2.45, 2.75) is 12.5 Å². The summed E-state index contributed by atoms with van der Waals surface area (Å²) < 4.78 is 30.9. The maximum atomic E-state index is 15.0. The van der Waals surface area contributed by atoms with Crippen molar-refractivity contribution in [1.82, 2.24) is 25.3 Å². The van der Waals surface area contributed by atoms with Crippen LogP contribution >= 0.6 is 0 Å². The van der Waals surface area contributed by atoms with Crippen molar-refractivity contribution in [3.8, 4) is 0 Å². The number of nitrogens with zero attached hydrogens (tertiary/aromatic N) is 4. The minimum absolute atomic E-state index is 0.297. The lowest BCUT2D eigenvalue weighted by atomic mass is 10.2. The molecular weight excluding hydrogens is 376 g/mol. The highest BCUT2D eigenvalue weighted by atomic mass is 19.1. The van der Waals surface area contributed by atoms with Gasteiger partial charge in [-0.1, -0.05) is 0 Å². The molecule has 1 fully saturated rings. The zero-order chi connectivity index (χ0) is 20.1. The van der Waals surface area contributed by atoms with Gasteiger partial charge in [0.2, 0.25) is 0 Å². The van der Waals surface area contributed by atoms with Gasteiger partial charge in [0.15, 0.2) is 11.6 Å². The first-order valence-electron chi connectivity index (χ1n) is 9.51. The topological polar surface area (TPSA) is 73.8 Å². The molecule has 0 spiro atoms. The molecule has 2 aromatic carbocycles. The molecule has 4 aromatic rings. The van der Waals surface area contributed by atoms with Crippen LogP contribution in [0.4, 0.5) is 26.0 Å². The van der Waals surface area contributed by atoms with Gasteiger partial charge in [0.05, 0.1) is 10.9 Å². The number of aromatic amines is 1. The van der Waals surface area contributed by atoms with Crippen molar-refractivity contribution in [3.63, 3.8) is 0 Å². The fourth-order valence-electron chi connectivity index (χ4n) is 4.02. The minimum Gasteiger partial charge on any atom is -0.370 e. The predicted molar refractivity (Wildman–Crippen MR) is 110 cm³/mol. The number of halogens is 2. The lowest BCUT2D eigenvalue weighted by Gasteiger charge is -2.19. The molecule has 2 aromatic heterocycles. The Labute approximate surface area is 165 Å². The van der Waals surface area contributed by atoms with E-state index < -0.39 is 5.82 Å². The fourth-order valence-corrected chi connectivity index (χ4v) is 4.02. The van der Waals surface area contributed by atoms with Gasteiger partial charge >= 0.3 is 0 Å². The molecular formula is C20H21F2N7. The highest BCUT2D eigenvalue weighted by Crippen LogP contribution is 2.32. The van der Waals surface area contributed by atoms with E-state index in [4.69, 9.17) is 0 Å². The van der Waals surface area contributed by atoms with E-state index in [1.807, 2.05) is 13.1 Å². The molecule has 0 aliphatic carbocycles. The van der Waals surface area contributed by atoms with Gasteiger partial charge in [-0.25, -0.2) is 8.78 Å². The van der Waals surface area contributed by atoms with Crippen molar-refractivity contribution >= 4 is 39.0 Å². The van der Waals surface area contributed by atoms with Gasteiger partial charge in [-0.2, -0.15) is 10.2 Å². The van der Waals surface area contributed by atoms with Gasteiger partial charge < -0.3 is 15.5 Å². The van der Waals surface area contributed by atoms with Crippen LogP contribution in [0.2, 0.25) is 0 Å². The van der Waals surface area contributed by atoms with Crippen LogP contribution in [0.5, 0.6) is 0 Å². The number of anilines is 3. The van der Waals surface area contributed by atoms with Gasteiger partial charge in [0.1, 0.15) is 11.3 Å². The molecule has 3 N–H and O–H groups in total. The van der Waals surface area contributed by atoms with E-state index >= 15 is 0 Å². The SMILES string of the molecule is CN[C@@H]1CCN(c2cc(F)c3c(Nc4cc(F)c5nn(C)cc5c4)n[nH]c3c2)C1. The molecule has 0 radical (unpaired) electrons. The van der Waals surface area contributed by atoms with Crippen molar-refractivity contribution < 1.29 is 8.78 Å². The Morgan fingerprint density at radius 1 is 1.17 bits per heavy atom. The van der Waals surface area contributed by atoms with Crippen LogP contribution in [-0.4, -0.2) is 46.2 Å². The van der Waals surface area contributed by atoms with E-state index in [9.17, 15) is 8.78 Å². The second-order valence-electron chi connectivity index (χ2n) is 7.47. The smallest absolute Gasteiger partial charge is 0.163 e. The summed E-state index contributed by atoms with van der Waals surface area (Å²) in [5.74, 6) is -0.493. The largest absolute Gasteiger partial charge is 0.370 e. The second kappa shape index (κ2) is 6.70. The van der Waals surface area contributed by atoms with E-state index in [1.54, 1.807) is 24.0 Å². The number of nitrogens with one attached hydrogen (secondary N) is 3. The maximum absolute atomic E-state index is 15.0. The first-order valence-corrected chi connectivity index (χ1v) is 9.51. The van der Waals surface area contributed by atoms with Crippen molar-refractivity contribution in [1.29, 1.82) is 0 Å². The zero-order valence-corrected chi connectivity index (χ0v) is 16.1. The van der Waals surface area contributed by atoms with Crippen LogP contribution in [0.1, 0.15) is 6.42 Å². The number of H-pyrrole nitrogens is 1. The average molecular weight is 397 g/mol. The first kappa shape index (κ1) is 17.9. The number of rotatable bonds is 4. The quantitative estimate of drug-likeness (QED) is 0.493. The van der Waals surface area contributed by atoms with Crippen LogP contribution in [0.25, 0.3) is 21.8 Å². The zero-order valence-electron chi connectivity index (χ0n) is 16.1. The molecule has 1 aliphatic heterocycles. The molecule has 0 amide bonds. The summed E-state index contributed by atoms with van der Waals surface area (Å²) in [5.41, 5.74) is 2.20. The molecule has 29 heavy (non-hydrogen) atoms. The lowest BCUT2D eigenvalue weighted by Crippen LogP contribution is -2.29. The normalized spacial score (nSPS) is 17.0. The molecule has 3 heterocycles. The Morgan fingerprint density at radius 2 is 2.03 bits per heavy atom. The summed E-state index contributed by atoms with van der Waals surface area (Å²) in [5, 5.41) is 18.5. The third-order valence-corrected chi connectivity index (χ3v) is 5.50. The van der Waals surface area contributed by atoms with Crippen LogP contribution in [0.3, 0.4) is 0 Å². The van der Waals surface area contributed by atoms with Crippen LogP contribution in [0.15, 0.2) is 30.5 Å². The van der Waals surface area contributed by atoms with Crippen molar-refractivity contribution in [2.24, 2.45) is 7.05 Å². The summed E-state index contributed by atoms with van der Waals surface area (Å²) in [7, 11) is 3.68. The second-order valence-corrected chi connectivity index (χ2v) is 7.47. The molecule has 9 heteroatoms. The first-order chi connectivity index (χ1) is 14.0. The third kappa shape index (κ3) is 3.07. The lowest BCUT2D eigenvalue weighted by molar-refractivity contribution is 0.616. The summed E-state index contributed by atoms with van der Waals surface area (Å²) in [4.78, 5) is 2.16. The molecule has 7 nitrogen and oxygen atoms in total. The van der Waals surface area contributed by atoms with Gasteiger partial charge in [-0.15, -0.1) is 0 Å². The van der Waals surface area contributed by atoms with Crippen LogP contribution in [0, 0.1) is 11.6 Å². The number of benzene rings is 2. The molecule has 150 valence electrons. The Morgan fingerprint density at radius 3 is 2.83 bits per heavy atom. The number of hydrogen-bond donors (Lipinski definition) is 3. The highest BCUT2D eigenvalue weighted by molar-refractivity contribution is 5.95. The van der Waals surface area contributed by atoms with Gasteiger partial charge in [0.25, 0.3) is 0 Å². The summed E-state index contributed by atoms with van der Waals surface area (Å²) in [6.07, 6.45) is 2.75. The van der Waals surface area contributed by atoms with E-state index in [0.717, 1.165) is 25.2 Å². The Kier molecular flexibility index (Phi) is 4.13. The van der Waals surface area contributed by atoms with Gasteiger partial charge in [-0.05, 0) is 37.7 Å². The Hall–Kier alpha value is -3.20. The number of aromatic nitrogens is 4. The maximum Gasteiger partial charge on any atom is 0.163 e. The third-order valence-electron chi connectivity index (χ3n) is 5.50. The van der Waals surface area contributed by atoms with E-state index in [-0.39, 0.29) is 5.82 Å². The Bertz CT molecular complexity index is 1210. The number of hydrogen-bond acceptors (Lipinski definition) is 5. The number of likely N-dealkylation sites (N-methyl/N-ethyl adjacent to an activating group) is 1. The van der Waals surface area contributed by atoms with Crippen LogP contribution in [-0.2, 0) is 7.05 Å². The Balaban J connectivity index is 1.48. The molecule has 0 saturated carbocycles. The van der Waals surface area contributed by atoms with Crippen LogP contribution < -0.4 is 15.5 Å². The standard InChI is InChI=1S/C20H21F2N7/c1-23-12-3-4-29(10-12)14-7-15(21)18-17(8-14)25-26-20(18)24-13-5-11-9-28(2)27-19(11)16(22)6-13/h5-9,12,23H,3-4,10H2,1-2H3,(H2,24,25,26)/t12-/m1/s1. The minimum atomic E-state index is -0.443. The highest BCUT2D eigenvalue weighted by Gasteiger charge is 2.23. The van der Waals surface area contributed by atoms with Gasteiger partial charge in [0, 0.05) is 49.1 Å². The molecule has 1 aliphatic rings. The number of fused-ring (bicyclic) bond motifs is 2. The molecule has 5 rings (SSSR count). The molecule has 0 bridgehead atoms.